The fraction of sp³-hybridized carbons (Fsp3) is 0.111. The Kier molecular flexibility index (Phi) is 7.87. The van der Waals surface area contributed by atoms with E-state index in [-0.39, 0.29) is 16.4 Å². The second kappa shape index (κ2) is 11.8. The number of pyridine rings is 1. The monoisotopic (exact) mass is 566 g/mol. The lowest BCUT2D eigenvalue weighted by atomic mass is 10.2. The Morgan fingerprint density at radius 3 is 2.60 bits per heavy atom. The van der Waals surface area contributed by atoms with E-state index in [1.807, 2.05) is 0 Å². The molecule has 0 fully saturated rings. The van der Waals surface area contributed by atoms with Crippen molar-refractivity contribution in [2.75, 3.05) is 24.4 Å². The van der Waals surface area contributed by atoms with Gasteiger partial charge >= 0.3 is 6.03 Å². The topological polar surface area (TPSA) is 112 Å². The minimum Gasteiger partial charge on any atom is -0.496 e. The van der Waals surface area contributed by atoms with Gasteiger partial charge in [0.15, 0.2) is 0 Å². The fourth-order valence-electron chi connectivity index (χ4n) is 3.77. The zero-order valence-corrected chi connectivity index (χ0v) is 21.7. The summed E-state index contributed by atoms with van der Waals surface area (Å²) in [6.45, 7) is 0.765. The molecular weight excluding hydrogens is 546 g/mol. The molecule has 204 valence electrons. The van der Waals surface area contributed by atoms with Gasteiger partial charge in [-0.15, -0.1) is 5.10 Å². The molecule has 2 amide bonds. The SMILES string of the molecule is COc1cccc2nc(OCCn3ccnn3)cc(Oc3ccc(NC(=O)Nc4ccc(F)cc4F)c(Cl)c3)c12. The number of ether oxygens (including phenoxy) is 3. The lowest BCUT2D eigenvalue weighted by Gasteiger charge is -2.15. The quantitative estimate of drug-likeness (QED) is 0.216. The van der Waals surface area contributed by atoms with Gasteiger partial charge in [-0.3, -0.25) is 0 Å². The Labute approximate surface area is 231 Å². The number of rotatable bonds is 9. The molecule has 2 heterocycles. The highest BCUT2D eigenvalue weighted by Crippen LogP contribution is 2.39. The van der Waals surface area contributed by atoms with E-state index >= 15 is 0 Å². The lowest BCUT2D eigenvalue weighted by Crippen LogP contribution is -2.20. The third-order valence-corrected chi connectivity index (χ3v) is 5.91. The van der Waals surface area contributed by atoms with Crippen molar-refractivity contribution in [3.8, 4) is 23.1 Å². The van der Waals surface area contributed by atoms with Crippen LogP contribution in [0.4, 0.5) is 25.0 Å². The molecule has 5 rings (SSSR count). The first-order valence-corrected chi connectivity index (χ1v) is 12.2. The maximum Gasteiger partial charge on any atom is 0.323 e. The number of nitrogens with zero attached hydrogens (tertiary/aromatic N) is 4. The Balaban J connectivity index is 1.34. The molecule has 0 bridgehead atoms. The van der Waals surface area contributed by atoms with Crippen LogP contribution in [0.3, 0.4) is 0 Å². The molecule has 0 radical (unpaired) electrons. The smallest absolute Gasteiger partial charge is 0.323 e. The Bertz CT molecular complexity index is 1670. The number of benzene rings is 3. The summed E-state index contributed by atoms with van der Waals surface area (Å²) in [4.78, 5) is 16.9. The molecule has 0 spiro atoms. The zero-order chi connectivity index (χ0) is 28.1. The number of halogens is 3. The summed E-state index contributed by atoms with van der Waals surface area (Å²) in [5, 5.41) is 13.3. The molecule has 0 aliphatic rings. The summed E-state index contributed by atoms with van der Waals surface area (Å²) in [6, 6.07) is 13.7. The molecule has 0 aliphatic heterocycles. The van der Waals surface area contributed by atoms with Crippen molar-refractivity contribution < 1.29 is 27.8 Å². The molecular formula is C27H21ClF2N6O4. The van der Waals surface area contributed by atoms with Gasteiger partial charge in [-0.05, 0) is 36.4 Å². The maximum absolute atomic E-state index is 13.9. The Morgan fingerprint density at radius 2 is 1.85 bits per heavy atom. The van der Waals surface area contributed by atoms with Crippen molar-refractivity contribution in [2.24, 2.45) is 0 Å². The average molecular weight is 567 g/mol. The number of amides is 2. The van der Waals surface area contributed by atoms with E-state index < -0.39 is 17.7 Å². The molecule has 3 aromatic carbocycles. The number of methoxy groups -OCH3 is 1. The highest BCUT2D eigenvalue weighted by atomic mass is 35.5. The molecule has 2 aromatic heterocycles. The predicted molar refractivity (Wildman–Crippen MR) is 144 cm³/mol. The normalized spacial score (nSPS) is 10.8. The van der Waals surface area contributed by atoms with Crippen LogP contribution in [0.15, 0.2) is 73.1 Å². The first-order valence-electron chi connectivity index (χ1n) is 11.8. The van der Waals surface area contributed by atoms with Crippen LogP contribution >= 0.6 is 11.6 Å². The van der Waals surface area contributed by atoms with Crippen LogP contribution in [-0.2, 0) is 6.54 Å². The molecule has 0 aliphatic carbocycles. The van der Waals surface area contributed by atoms with E-state index in [0.29, 0.717) is 53.2 Å². The Morgan fingerprint density at radius 1 is 1.02 bits per heavy atom. The maximum atomic E-state index is 13.9. The first-order chi connectivity index (χ1) is 19.4. The van der Waals surface area contributed by atoms with Gasteiger partial charge in [0.25, 0.3) is 0 Å². The minimum atomic E-state index is -0.910. The van der Waals surface area contributed by atoms with Gasteiger partial charge < -0.3 is 24.8 Å². The largest absolute Gasteiger partial charge is 0.496 e. The summed E-state index contributed by atoms with van der Waals surface area (Å²) in [7, 11) is 1.54. The van der Waals surface area contributed by atoms with Gasteiger partial charge in [-0.2, -0.15) is 0 Å². The van der Waals surface area contributed by atoms with Gasteiger partial charge in [-0.1, -0.05) is 22.9 Å². The average Bonchev–Trinajstić information content (AvgIpc) is 3.45. The van der Waals surface area contributed by atoms with Crippen LogP contribution in [-0.4, -0.2) is 39.7 Å². The number of hydrogen-bond acceptors (Lipinski definition) is 7. The van der Waals surface area contributed by atoms with Gasteiger partial charge in [0.1, 0.15) is 35.5 Å². The summed E-state index contributed by atoms with van der Waals surface area (Å²) in [5.41, 5.74) is 0.637. The van der Waals surface area contributed by atoms with Crippen LogP contribution < -0.4 is 24.8 Å². The van der Waals surface area contributed by atoms with E-state index in [9.17, 15) is 13.6 Å². The standard InChI is InChI=1S/C27H21ClF2N6O4/c1-38-23-4-2-3-22-26(23)24(15-25(32-22)39-12-11-36-10-9-31-35-36)40-17-6-8-20(18(28)14-17)33-27(37)34-21-7-5-16(29)13-19(21)30/h2-10,13-15H,11-12H2,1H3,(H2,33,34,37). The molecule has 0 saturated heterocycles. The molecule has 5 aromatic rings. The molecule has 0 unspecified atom stereocenters. The van der Waals surface area contributed by atoms with E-state index in [1.165, 1.54) is 12.1 Å². The van der Waals surface area contributed by atoms with Gasteiger partial charge in [0, 0.05) is 24.4 Å². The molecule has 0 saturated carbocycles. The predicted octanol–water partition coefficient (Wildman–Crippen LogP) is 6.28. The van der Waals surface area contributed by atoms with Crippen molar-refractivity contribution in [3.05, 3.63) is 89.7 Å². The number of fused-ring (bicyclic) bond motifs is 1. The number of urea groups is 1. The van der Waals surface area contributed by atoms with E-state index in [0.717, 1.165) is 12.1 Å². The van der Waals surface area contributed by atoms with Crippen molar-refractivity contribution in [1.82, 2.24) is 20.0 Å². The molecule has 40 heavy (non-hydrogen) atoms. The molecule has 13 heteroatoms. The highest BCUT2D eigenvalue weighted by Gasteiger charge is 2.16. The number of nitrogens with one attached hydrogen (secondary N) is 2. The number of aromatic nitrogens is 4. The van der Waals surface area contributed by atoms with E-state index in [2.05, 4.69) is 25.9 Å². The summed E-state index contributed by atoms with van der Waals surface area (Å²) in [5.74, 6) is -0.0425. The fourth-order valence-corrected chi connectivity index (χ4v) is 3.99. The number of carbonyl (C=O) groups excluding carboxylic acids is 1. The number of carbonyl (C=O) groups is 1. The first kappa shape index (κ1) is 26.6. The number of hydrogen-bond donors (Lipinski definition) is 2. The minimum absolute atomic E-state index is 0.155. The van der Waals surface area contributed by atoms with E-state index in [4.69, 9.17) is 25.8 Å². The summed E-state index contributed by atoms with van der Waals surface area (Å²) >= 11 is 6.40. The second-order valence-corrected chi connectivity index (χ2v) is 8.68. The van der Waals surface area contributed by atoms with Crippen LogP contribution in [0.2, 0.25) is 5.02 Å². The van der Waals surface area contributed by atoms with Crippen molar-refractivity contribution in [1.29, 1.82) is 0 Å². The third-order valence-electron chi connectivity index (χ3n) is 5.59. The van der Waals surface area contributed by atoms with Crippen LogP contribution in [0.1, 0.15) is 0 Å². The van der Waals surface area contributed by atoms with Crippen LogP contribution in [0.5, 0.6) is 23.1 Å². The number of anilines is 2. The summed E-state index contributed by atoms with van der Waals surface area (Å²) < 4.78 is 46.1. The van der Waals surface area contributed by atoms with Gasteiger partial charge in [0.2, 0.25) is 5.88 Å². The lowest BCUT2D eigenvalue weighted by molar-refractivity contribution is 0.262. The van der Waals surface area contributed by atoms with Crippen molar-refractivity contribution >= 4 is 39.9 Å². The molecule has 2 N–H and O–H groups in total. The summed E-state index contributed by atoms with van der Waals surface area (Å²) in [6.07, 6.45) is 3.31. The van der Waals surface area contributed by atoms with Gasteiger partial charge in [0.05, 0.1) is 47.2 Å². The van der Waals surface area contributed by atoms with Crippen LogP contribution in [0, 0.1) is 11.6 Å². The Hall–Kier alpha value is -4.97. The molecule has 0 atom stereocenters. The second-order valence-electron chi connectivity index (χ2n) is 8.27. The van der Waals surface area contributed by atoms with Gasteiger partial charge in [-0.25, -0.2) is 23.2 Å². The van der Waals surface area contributed by atoms with Crippen molar-refractivity contribution in [2.45, 2.75) is 6.54 Å². The third kappa shape index (κ3) is 6.18. The van der Waals surface area contributed by atoms with Crippen molar-refractivity contribution in [3.63, 3.8) is 0 Å². The van der Waals surface area contributed by atoms with E-state index in [1.54, 1.807) is 54.5 Å². The highest BCUT2D eigenvalue weighted by molar-refractivity contribution is 6.34. The zero-order valence-electron chi connectivity index (χ0n) is 20.9. The molecule has 10 nitrogen and oxygen atoms in total. The van der Waals surface area contributed by atoms with Crippen LogP contribution in [0.25, 0.3) is 10.9 Å².